The topological polar surface area (TPSA) is 128 Å². The minimum absolute atomic E-state index is 0.0346. The molecule has 148 valence electrons. The second-order valence-corrected chi connectivity index (χ2v) is 7.33. The Bertz CT molecular complexity index is 488. The van der Waals surface area contributed by atoms with Gasteiger partial charge in [-0.1, -0.05) is 32.1 Å². The Labute approximate surface area is 155 Å². The van der Waals surface area contributed by atoms with Gasteiger partial charge >= 0.3 is 0 Å². The Morgan fingerprint density at radius 3 is 2.35 bits per heavy atom. The van der Waals surface area contributed by atoms with Crippen LogP contribution in [0.2, 0.25) is 0 Å². The molecule has 1 saturated carbocycles. The number of hydrogen-bond donors (Lipinski definition) is 3. The van der Waals surface area contributed by atoms with Gasteiger partial charge in [0, 0.05) is 32.0 Å². The fourth-order valence-electron chi connectivity index (χ4n) is 3.80. The number of carbonyl (C=O) groups excluding carboxylic acids is 3. The predicted octanol–water partition coefficient (Wildman–Crippen LogP) is -0.249. The number of morpholine rings is 1. The molecule has 8 heteroatoms. The number of nitrogens with two attached hydrogens (primary N) is 2. The number of nitrogens with one attached hydrogen (secondary N) is 1. The van der Waals surface area contributed by atoms with Crippen LogP contribution in [0.15, 0.2) is 0 Å². The molecule has 2 rings (SSSR count). The van der Waals surface area contributed by atoms with Gasteiger partial charge in [-0.15, -0.1) is 0 Å². The highest BCUT2D eigenvalue weighted by Gasteiger charge is 2.30. The molecule has 1 aliphatic carbocycles. The third-order valence-electron chi connectivity index (χ3n) is 5.39. The van der Waals surface area contributed by atoms with Crippen molar-refractivity contribution < 1.29 is 19.1 Å². The van der Waals surface area contributed by atoms with Crippen LogP contribution in [0.25, 0.3) is 0 Å². The van der Waals surface area contributed by atoms with Crippen molar-refractivity contribution in [3.8, 4) is 0 Å². The summed E-state index contributed by atoms with van der Waals surface area (Å²) < 4.78 is 5.28. The minimum atomic E-state index is -0.894. The molecule has 0 aromatic carbocycles. The summed E-state index contributed by atoms with van der Waals surface area (Å²) in [7, 11) is 0. The SMILES string of the molecule is NC[C@H](NC(=O)[C@@H](CC(=O)N1CCOCC1)CC1CCCCC1)C(N)=O. The second kappa shape index (κ2) is 10.5. The van der Waals surface area contributed by atoms with E-state index >= 15 is 0 Å². The van der Waals surface area contributed by atoms with Crippen LogP contribution in [0.3, 0.4) is 0 Å². The number of amides is 3. The van der Waals surface area contributed by atoms with Gasteiger partial charge in [0.25, 0.3) is 0 Å². The maximum atomic E-state index is 12.7. The lowest BCUT2D eigenvalue weighted by atomic mass is 9.81. The number of primary amides is 1. The van der Waals surface area contributed by atoms with Crippen LogP contribution >= 0.6 is 0 Å². The molecule has 8 nitrogen and oxygen atoms in total. The highest BCUT2D eigenvalue weighted by Crippen LogP contribution is 2.30. The fourth-order valence-corrected chi connectivity index (χ4v) is 3.80. The van der Waals surface area contributed by atoms with Crippen molar-refractivity contribution in [2.24, 2.45) is 23.3 Å². The first-order chi connectivity index (χ1) is 12.5. The van der Waals surface area contributed by atoms with Gasteiger partial charge in [0.05, 0.1) is 13.2 Å². The molecule has 5 N–H and O–H groups in total. The summed E-state index contributed by atoms with van der Waals surface area (Å²) in [5, 5.41) is 2.63. The van der Waals surface area contributed by atoms with Gasteiger partial charge in [0.2, 0.25) is 17.7 Å². The molecular formula is C18H32N4O4. The fraction of sp³-hybridized carbons (Fsp3) is 0.833. The smallest absolute Gasteiger partial charge is 0.241 e. The zero-order valence-corrected chi connectivity index (χ0v) is 15.5. The Morgan fingerprint density at radius 2 is 1.77 bits per heavy atom. The first-order valence-electron chi connectivity index (χ1n) is 9.66. The first-order valence-corrected chi connectivity index (χ1v) is 9.66. The number of nitrogens with zero attached hydrogens (tertiary/aromatic N) is 1. The monoisotopic (exact) mass is 368 g/mol. The van der Waals surface area contributed by atoms with E-state index in [9.17, 15) is 14.4 Å². The predicted molar refractivity (Wildman–Crippen MR) is 96.9 cm³/mol. The quantitative estimate of drug-likeness (QED) is 0.544. The molecule has 1 aliphatic heterocycles. The molecule has 0 radical (unpaired) electrons. The van der Waals surface area contributed by atoms with Crippen LogP contribution in [0, 0.1) is 11.8 Å². The summed E-state index contributed by atoms with van der Waals surface area (Å²) in [6.45, 7) is 2.13. The van der Waals surface area contributed by atoms with Crippen molar-refractivity contribution in [2.45, 2.75) is 51.0 Å². The minimum Gasteiger partial charge on any atom is -0.378 e. The van der Waals surface area contributed by atoms with Crippen LogP contribution in [0.1, 0.15) is 44.9 Å². The van der Waals surface area contributed by atoms with E-state index in [2.05, 4.69) is 5.32 Å². The summed E-state index contributed by atoms with van der Waals surface area (Å²) in [5.74, 6) is -1.00. The van der Waals surface area contributed by atoms with E-state index in [0.717, 1.165) is 12.8 Å². The van der Waals surface area contributed by atoms with E-state index in [4.69, 9.17) is 16.2 Å². The molecule has 3 amide bonds. The summed E-state index contributed by atoms with van der Waals surface area (Å²) in [6.07, 6.45) is 6.57. The highest BCUT2D eigenvalue weighted by molar-refractivity contribution is 5.90. The summed E-state index contributed by atoms with van der Waals surface area (Å²) in [4.78, 5) is 38.5. The summed E-state index contributed by atoms with van der Waals surface area (Å²) in [6, 6.07) is -0.894. The molecule has 26 heavy (non-hydrogen) atoms. The van der Waals surface area contributed by atoms with Crippen molar-refractivity contribution in [1.29, 1.82) is 0 Å². The lowest BCUT2D eigenvalue weighted by molar-refractivity contribution is -0.140. The highest BCUT2D eigenvalue weighted by atomic mass is 16.5. The van der Waals surface area contributed by atoms with Gasteiger partial charge in [-0.25, -0.2) is 0 Å². The Morgan fingerprint density at radius 1 is 1.12 bits per heavy atom. The third-order valence-corrected chi connectivity index (χ3v) is 5.39. The van der Waals surface area contributed by atoms with Gasteiger partial charge in [-0.3, -0.25) is 14.4 Å². The van der Waals surface area contributed by atoms with Crippen LogP contribution in [0.4, 0.5) is 0 Å². The van der Waals surface area contributed by atoms with Crippen molar-refractivity contribution >= 4 is 17.7 Å². The summed E-state index contributed by atoms with van der Waals surface area (Å²) >= 11 is 0. The molecule has 0 aromatic heterocycles. The van der Waals surface area contributed by atoms with Crippen LogP contribution in [-0.2, 0) is 19.1 Å². The Kier molecular flexibility index (Phi) is 8.31. The molecular weight excluding hydrogens is 336 g/mol. The molecule has 1 heterocycles. The van der Waals surface area contributed by atoms with Gasteiger partial charge in [0.1, 0.15) is 6.04 Å². The Balaban J connectivity index is 2.00. The molecule has 0 aromatic rings. The van der Waals surface area contributed by atoms with Gasteiger partial charge in [-0.05, 0) is 12.3 Å². The number of rotatable bonds is 8. The molecule has 0 bridgehead atoms. The average Bonchev–Trinajstić information content (AvgIpc) is 2.66. The zero-order chi connectivity index (χ0) is 18.9. The molecule has 0 unspecified atom stereocenters. The van der Waals surface area contributed by atoms with Crippen molar-refractivity contribution in [2.75, 3.05) is 32.8 Å². The number of carbonyl (C=O) groups is 3. The third kappa shape index (κ3) is 6.25. The van der Waals surface area contributed by atoms with Crippen molar-refractivity contribution in [3.63, 3.8) is 0 Å². The van der Waals surface area contributed by atoms with Crippen LogP contribution in [-0.4, -0.2) is 61.5 Å². The lowest BCUT2D eigenvalue weighted by Crippen LogP contribution is -2.51. The maximum absolute atomic E-state index is 12.7. The average molecular weight is 368 g/mol. The summed E-state index contributed by atoms with van der Waals surface area (Å²) in [5.41, 5.74) is 10.8. The molecule has 1 saturated heterocycles. The van der Waals surface area contributed by atoms with Gasteiger partial charge < -0.3 is 26.4 Å². The maximum Gasteiger partial charge on any atom is 0.241 e. The Hall–Kier alpha value is -1.67. The molecule has 0 spiro atoms. The van der Waals surface area contributed by atoms with E-state index in [1.54, 1.807) is 4.90 Å². The van der Waals surface area contributed by atoms with Gasteiger partial charge in [-0.2, -0.15) is 0 Å². The second-order valence-electron chi connectivity index (χ2n) is 7.33. The lowest BCUT2D eigenvalue weighted by Gasteiger charge is -2.30. The number of hydrogen-bond acceptors (Lipinski definition) is 5. The van der Waals surface area contributed by atoms with E-state index < -0.39 is 17.9 Å². The standard InChI is InChI=1S/C18H32N4O4/c19-12-15(17(20)24)21-18(25)14(10-13-4-2-1-3-5-13)11-16(23)22-6-8-26-9-7-22/h13-15H,1-12,19H2,(H2,20,24)(H,21,25)/t14-,15+/m1/s1. The normalized spacial score (nSPS) is 21.0. The van der Waals surface area contributed by atoms with Gasteiger partial charge in [0.15, 0.2) is 0 Å². The van der Waals surface area contributed by atoms with Crippen molar-refractivity contribution in [1.82, 2.24) is 10.2 Å². The van der Waals surface area contributed by atoms with Crippen molar-refractivity contribution in [3.05, 3.63) is 0 Å². The van der Waals surface area contributed by atoms with E-state index in [1.165, 1.54) is 19.3 Å². The number of ether oxygens (including phenoxy) is 1. The van der Waals surface area contributed by atoms with Crippen LogP contribution < -0.4 is 16.8 Å². The van der Waals surface area contributed by atoms with E-state index in [0.29, 0.717) is 38.6 Å². The van der Waals surface area contributed by atoms with Crippen LogP contribution in [0.5, 0.6) is 0 Å². The van der Waals surface area contributed by atoms with E-state index in [-0.39, 0.29) is 24.8 Å². The molecule has 2 aliphatic rings. The largest absolute Gasteiger partial charge is 0.378 e. The first kappa shape index (κ1) is 20.6. The zero-order valence-electron chi connectivity index (χ0n) is 15.5. The molecule has 2 atom stereocenters. The molecule has 2 fully saturated rings. The van der Waals surface area contributed by atoms with E-state index in [1.807, 2.05) is 0 Å².